The van der Waals surface area contributed by atoms with E-state index in [-0.39, 0.29) is 46.2 Å². The number of carbonyl (C=O) groups excluding carboxylic acids is 3. The molecule has 3 aromatic carbocycles. The van der Waals surface area contributed by atoms with E-state index in [0.29, 0.717) is 5.69 Å². The molecule has 0 saturated carbocycles. The smallest absolute Gasteiger partial charge is 0.411 e. The second-order valence-corrected chi connectivity index (χ2v) is 9.08. The Morgan fingerprint density at radius 1 is 0.972 bits per heavy atom. The Balaban J connectivity index is 1.50. The number of ketones is 2. The zero-order valence-corrected chi connectivity index (χ0v) is 19.2. The van der Waals surface area contributed by atoms with Gasteiger partial charge in [0.25, 0.3) is 0 Å². The molecular weight excluding hydrogens is 466 g/mol. The van der Waals surface area contributed by atoms with Gasteiger partial charge >= 0.3 is 6.09 Å². The highest BCUT2D eigenvalue weighted by atomic mass is 16.6. The minimum absolute atomic E-state index is 0.0746. The predicted molar refractivity (Wildman–Crippen MR) is 127 cm³/mol. The third-order valence-electron chi connectivity index (χ3n) is 6.88. The van der Waals surface area contributed by atoms with Gasteiger partial charge in [0.1, 0.15) is 23.2 Å². The summed E-state index contributed by atoms with van der Waals surface area (Å²) in [6.07, 6.45) is -4.21. The van der Waals surface area contributed by atoms with E-state index in [9.17, 15) is 34.8 Å². The van der Waals surface area contributed by atoms with E-state index in [4.69, 9.17) is 4.74 Å². The van der Waals surface area contributed by atoms with Crippen molar-refractivity contribution in [3.05, 3.63) is 88.0 Å². The van der Waals surface area contributed by atoms with Crippen molar-refractivity contribution in [1.29, 1.82) is 0 Å². The molecule has 1 amide bonds. The van der Waals surface area contributed by atoms with Crippen LogP contribution in [0, 0.1) is 0 Å². The van der Waals surface area contributed by atoms with E-state index in [1.807, 2.05) is 0 Å². The molecule has 184 valence electrons. The Bertz CT molecular complexity index is 1420. The fourth-order valence-corrected chi connectivity index (χ4v) is 4.99. The van der Waals surface area contributed by atoms with E-state index in [2.05, 4.69) is 5.32 Å². The molecule has 2 aliphatic carbocycles. The number of fused-ring (bicyclic) bond motifs is 3. The molecule has 3 atom stereocenters. The van der Waals surface area contributed by atoms with Gasteiger partial charge < -0.3 is 25.2 Å². The van der Waals surface area contributed by atoms with Gasteiger partial charge in [-0.25, -0.2) is 4.79 Å². The van der Waals surface area contributed by atoms with Crippen LogP contribution in [0.3, 0.4) is 0 Å². The summed E-state index contributed by atoms with van der Waals surface area (Å²) < 4.78 is 5.35. The molecule has 3 aromatic rings. The van der Waals surface area contributed by atoms with Crippen LogP contribution in [0.1, 0.15) is 62.4 Å². The van der Waals surface area contributed by atoms with E-state index in [1.54, 1.807) is 42.5 Å². The first-order chi connectivity index (χ1) is 17.1. The van der Waals surface area contributed by atoms with Crippen LogP contribution in [0.15, 0.2) is 54.6 Å². The number of ether oxygens (including phenoxy) is 1. The van der Waals surface area contributed by atoms with Gasteiger partial charge in [-0.15, -0.1) is 0 Å². The maximum atomic E-state index is 13.2. The van der Waals surface area contributed by atoms with Crippen LogP contribution in [-0.2, 0) is 11.2 Å². The molecule has 0 aliphatic heterocycles. The average molecular weight is 489 g/mol. The van der Waals surface area contributed by atoms with Crippen molar-refractivity contribution in [1.82, 2.24) is 0 Å². The van der Waals surface area contributed by atoms with Crippen LogP contribution in [0.2, 0.25) is 0 Å². The first-order valence-corrected chi connectivity index (χ1v) is 11.3. The Hall–Kier alpha value is -4.21. The SMILES string of the molecule is C[C@H](OC(=O)Nc1ccccc1)C1(O)Cc2c(O)c3c(c(O)c2[C@@H](O)C1)C(=O)c1ccccc1C3=O. The summed E-state index contributed by atoms with van der Waals surface area (Å²) in [6.45, 7) is 1.43. The summed E-state index contributed by atoms with van der Waals surface area (Å²) in [4.78, 5) is 38.7. The molecule has 5 rings (SSSR count). The lowest BCUT2D eigenvalue weighted by molar-refractivity contribution is -0.101. The number of carbonyl (C=O) groups is 3. The summed E-state index contributed by atoms with van der Waals surface area (Å²) in [7, 11) is 0. The third-order valence-corrected chi connectivity index (χ3v) is 6.88. The van der Waals surface area contributed by atoms with Gasteiger partial charge in [0.15, 0.2) is 11.6 Å². The van der Waals surface area contributed by atoms with E-state index in [0.717, 1.165) is 0 Å². The monoisotopic (exact) mass is 489 g/mol. The van der Waals surface area contributed by atoms with Crippen molar-refractivity contribution >= 4 is 23.3 Å². The summed E-state index contributed by atoms with van der Waals surface area (Å²) in [5.41, 5.74) is -2.22. The summed E-state index contributed by atoms with van der Waals surface area (Å²) in [5.74, 6) is -2.54. The van der Waals surface area contributed by atoms with Gasteiger partial charge in [-0.2, -0.15) is 0 Å². The number of hydrogen-bond acceptors (Lipinski definition) is 8. The number of anilines is 1. The van der Waals surface area contributed by atoms with Crippen molar-refractivity contribution in [2.75, 3.05) is 5.32 Å². The van der Waals surface area contributed by atoms with Crippen molar-refractivity contribution in [2.24, 2.45) is 0 Å². The fraction of sp³-hybridized carbons (Fsp3) is 0.222. The van der Waals surface area contributed by atoms with Crippen molar-refractivity contribution in [3.8, 4) is 11.5 Å². The number of rotatable bonds is 3. The maximum absolute atomic E-state index is 13.2. The van der Waals surface area contributed by atoms with Crippen molar-refractivity contribution in [3.63, 3.8) is 0 Å². The largest absolute Gasteiger partial charge is 0.507 e. The molecule has 1 unspecified atom stereocenters. The molecule has 5 N–H and O–H groups in total. The first-order valence-electron chi connectivity index (χ1n) is 11.3. The highest BCUT2D eigenvalue weighted by molar-refractivity contribution is 6.30. The lowest BCUT2D eigenvalue weighted by Gasteiger charge is -2.40. The number of aliphatic hydroxyl groups excluding tert-OH is 1. The molecule has 0 radical (unpaired) electrons. The standard InChI is InChI=1S/C27H23NO8/c1-13(36-26(34)28-14-7-3-2-4-8-14)27(35)11-17-19(18(29)12-27)25(33)21-20(24(17)32)22(30)15-9-5-6-10-16(15)23(21)31/h2-10,13,18,29,32-33,35H,11-12H2,1H3,(H,28,34)/t13-,18-,27?/m0/s1. The lowest BCUT2D eigenvalue weighted by atomic mass is 9.72. The molecule has 9 nitrogen and oxygen atoms in total. The second-order valence-electron chi connectivity index (χ2n) is 9.08. The number of phenolic OH excluding ortho intramolecular Hbond substituents is 2. The van der Waals surface area contributed by atoms with Crippen LogP contribution in [0.5, 0.6) is 11.5 Å². The molecule has 0 fully saturated rings. The van der Waals surface area contributed by atoms with Gasteiger partial charge in [-0.05, 0) is 19.1 Å². The Morgan fingerprint density at radius 2 is 1.53 bits per heavy atom. The lowest BCUT2D eigenvalue weighted by Crippen LogP contribution is -2.49. The minimum Gasteiger partial charge on any atom is -0.507 e. The minimum atomic E-state index is -1.85. The molecular formula is C27H23NO8. The topological polar surface area (TPSA) is 153 Å². The normalized spacial score (nSPS) is 21.1. The van der Waals surface area contributed by atoms with Crippen LogP contribution in [-0.4, -0.2) is 49.8 Å². The third kappa shape index (κ3) is 3.60. The molecule has 36 heavy (non-hydrogen) atoms. The van der Waals surface area contributed by atoms with E-state index >= 15 is 0 Å². The molecule has 2 aliphatic rings. The maximum Gasteiger partial charge on any atom is 0.411 e. The number of amides is 1. The molecule has 0 spiro atoms. The summed E-state index contributed by atoms with van der Waals surface area (Å²) >= 11 is 0. The number of aromatic hydroxyl groups is 2. The quantitative estimate of drug-likeness (QED) is 0.275. The van der Waals surface area contributed by atoms with Gasteiger partial charge in [0, 0.05) is 40.8 Å². The van der Waals surface area contributed by atoms with Crippen LogP contribution in [0.4, 0.5) is 10.5 Å². The Labute approximate surface area is 205 Å². The zero-order chi connectivity index (χ0) is 25.8. The number of aliphatic hydroxyl groups is 2. The van der Waals surface area contributed by atoms with Crippen LogP contribution in [0.25, 0.3) is 0 Å². The first kappa shape index (κ1) is 23.5. The number of benzene rings is 3. The Morgan fingerprint density at radius 3 is 2.14 bits per heavy atom. The van der Waals surface area contributed by atoms with Gasteiger partial charge in [0.2, 0.25) is 0 Å². The zero-order valence-electron chi connectivity index (χ0n) is 19.2. The predicted octanol–water partition coefficient (Wildman–Crippen LogP) is 3.22. The van der Waals surface area contributed by atoms with Crippen molar-refractivity contribution < 1.29 is 39.5 Å². The van der Waals surface area contributed by atoms with E-state index < -0.39 is 47.0 Å². The molecule has 0 aromatic heterocycles. The van der Waals surface area contributed by atoms with Crippen LogP contribution < -0.4 is 5.32 Å². The molecule has 9 heteroatoms. The number of para-hydroxylation sites is 1. The average Bonchev–Trinajstić information content (AvgIpc) is 2.85. The van der Waals surface area contributed by atoms with Gasteiger partial charge in [-0.1, -0.05) is 42.5 Å². The van der Waals surface area contributed by atoms with Crippen LogP contribution >= 0.6 is 0 Å². The number of nitrogens with one attached hydrogen (secondary N) is 1. The highest BCUT2D eigenvalue weighted by Crippen LogP contribution is 2.50. The summed E-state index contributed by atoms with van der Waals surface area (Å²) in [6, 6.07) is 14.6. The second kappa shape index (κ2) is 8.47. The number of hydrogen-bond donors (Lipinski definition) is 5. The molecule has 0 heterocycles. The summed E-state index contributed by atoms with van der Waals surface area (Å²) in [5, 5.41) is 46.9. The van der Waals surface area contributed by atoms with E-state index in [1.165, 1.54) is 19.1 Å². The fourth-order valence-electron chi connectivity index (χ4n) is 4.99. The number of phenols is 2. The molecule has 0 bridgehead atoms. The molecule has 0 saturated heterocycles. The van der Waals surface area contributed by atoms with Gasteiger partial charge in [-0.3, -0.25) is 14.9 Å². The van der Waals surface area contributed by atoms with Gasteiger partial charge in [0.05, 0.1) is 17.2 Å². The van der Waals surface area contributed by atoms with Crippen molar-refractivity contribution in [2.45, 2.75) is 37.6 Å². The Kier molecular flexibility index (Phi) is 5.54. The highest BCUT2D eigenvalue weighted by Gasteiger charge is 2.48.